The molecule has 0 aromatic heterocycles. The Balaban J connectivity index is 3.00. The van der Waals surface area contributed by atoms with Crippen molar-refractivity contribution in [2.45, 2.75) is 0 Å². The highest BCUT2D eigenvalue weighted by Crippen LogP contribution is 2.21. The third-order valence-electron chi connectivity index (χ3n) is 1.85. The van der Waals surface area contributed by atoms with Gasteiger partial charge in [-0.2, -0.15) is 10.4 Å². The summed E-state index contributed by atoms with van der Waals surface area (Å²) in [5.41, 5.74) is 7.70. The normalized spacial score (nSPS) is 10.6. The van der Waals surface area contributed by atoms with Crippen LogP contribution in [0.3, 0.4) is 0 Å². The van der Waals surface area contributed by atoms with Gasteiger partial charge in [0.2, 0.25) is 5.71 Å². The number of halogens is 1. The van der Waals surface area contributed by atoms with Crippen LogP contribution < -0.4 is 11.2 Å². The maximum absolute atomic E-state index is 10.9. The molecular formula is C10H8BrN5O2. The molecule has 0 saturated heterocycles. The first-order chi connectivity index (χ1) is 8.45. The summed E-state index contributed by atoms with van der Waals surface area (Å²) in [6.45, 7) is 0. The minimum atomic E-state index is -1.10. The minimum absolute atomic E-state index is 0.0523. The molecule has 1 aromatic rings. The average Bonchev–Trinajstić information content (AvgIpc) is 2.31. The van der Waals surface area contributed by atoms with Gasteiger partial charge < -0.3 is 10.8 Å². The lowest BCUT2D eigenvalue weighted by Crippen LogP contribution is -2.21. The van der Waals surface area contributed by atoms with E-state index >= 15 is 0 Å². The van der Waals surface area contributed by atoms with Crippen molar-refractivity contribution >= 4 is 39.1 Å². The summed E-state index contributed by atoms with van der Waals surface area (Å²) < 4.78 is 0.427. The highest BCUT2D eigenvalue weighted by atomic mass is 79.9. The minimum Gasteiger partial charge on any atom is -0.478 e. The van der Waals surface area contributed by atoms with Crippen molar-refractivity contribution in [1.82, 2.24) is 0 Å². The predicted molar refractivity (Wildman–Crippen MR) is 69.7 cm³/mol. The highest BCUT2D eigenvalue weighted by Gasteiger charge is 2.09. The van der Waals surface area contributed by atoms with E-state index in [1.165, 1.54) is 12.1 Å². The first-order valence-corrected chi connectivity index (χ1v) is 5.36. The third-order valence-corrected chi connectivity index (χ3v) is 2.55. The lowest BCUT2D eigenvalue weighted by Gasteiger charge is -2.04. The summed E-state index contributed by atoms with van der Waals surface area (Å²) in [5, 5.41) is 28.2. The Hall–Kier alpha value is -2.40. The molecule has 7 nitrogen and oxygen atoms in total. The van der Waals surface area contributed by atoms with Crippen LogP contribution in [0.15, 0.2) is 27.8 Å². The fourth-order valence-electron chi connectivity index (χ4n) is 1.02. The quantitative estimate of drug-likeness (QED) is 0.378. The first kappa shape index (κ1) is 13.7. The molecule has 8 heteroatoms. The molecule has 1 rings (SSSR count). The number of nitrogens with one attached hydrogen (secondary N) is 2. The van der Waals surface area contributed by atoms with Crippen LogP contribution in [0, 0.1) is 16.7 Å². The van der Waals surface area contributed by atoms with Crippen LogP contribution in [0.1, 0.15) is 10.4 Å². The van der Waals surface area contributed by atoms with Crippen LogP contribution in [0.25, 0.3) is 0 Å². The predicted octanol–water partition coefficient (Wildman–Crippen LogP) is 1.37. The fourth-order valence-corrected chi connectivity index (χ4v) is 1.44. The van der Waals surface area contributed by atoms with Gasteiger partial charge in [0.25, 0.3) is 0 Å². The van der Waals surface area contributed by atoms with E-state index in [1.54, 1.807) is 12.1 Å². The van der Waals surface area contributed by atoms with Gasteiger partial charge >= 0.3 is 5.97 Å². The van der Waals surface area contributed by atoms with Gasteiger partial charge in [-0.3, -0.25) is 10.8 Å². The van der Waals surface area contributed by atoms with Crippen molar-refractivity contribution in [3.63, 3.8) is 0 Å². The zero-order valence-corrected chi connectivity index (χ0v) is 10.5. The zero-order chi connectivity index (χ0) is 13.7. The number of anilines is 1. The third kappa shape index (κ3) is 3.29. The van der Waals surface area contributed by atoms with Gasteiger partial charge in [0.15, 0.2) is 5.84 Å². The summed E-state index contributed by atoms with van der Waals surface area (Å²) in [7, 11) is 0. The Morgan fingerprint density at radius 2 is 2.28 bits per heavy atom. The molecule has 0 heterocycles. The number of amidine groups is 1. The number of nitrogens with zero attached hydrogens (tertiary/aromatic N) is 2. The maximum atomic E-state index is 10.9. The van der Waals surface area contributed by atoms with E-state index in [9.17, 15) is 4.79 Å². The second kappa shape index (κ2) is 5.79. The lowest BCUT2D eigenvalue weighted by atomic mass is 10.2. The summed E-state index contributed by atoms with van der Waals surface area (Å²) in [6.07, 6.45) is 0. The number of hydrogen-bond donors (Lipinski definition) is 4. The standard InChI is InChI=1S/C10H8BrN5O2/c11-7-2-1-5(3-6(7)10(17)18)15-16-8(4-12)9(13)14/h1-3,15H,(H3,13,14)(H,17,18)/b16-8+. The number of nitriles is 1. The second-order valence-electron chi connectivity index (χ2n) is 3.10. The van der Waals surface area contributed by atoms with E-state index in [4.69, 9.17) is 21.5 Å². The zero-order valence-electron chi connectivity index (χ0n) is 8.94. The maximum Gasteiger partial charge on any atom is 0.336 e. The van der Waals surface area contributed by atoms with Crippen LogP contribution in [-0.2, 0) is 0 Å². The molecule has 0 fully saturated rings. The number of hydrazone groups is 1. The van der Waals surface area contributed by atoms with Crippen LogP contribution in [0.4, 0.5) is 5.69 Å². The van der Waals surface area contributed by atoms with Crippen molar-refractivity contribution in [3.05, 3.63) is 28.2 Å². The number of carboxylic acid groups (broad SMARTS) is 1. The smallest absolute Gasteiger partial charge is 0.336 e. The Labute approximate surface area is 111 Å². The lowest BCUT2D eigenvalue weighted by molar-refractivity contribution is 0.0696. The van der Waals surface area contributed by atoms with Crippen molar-refractivity contribution in [1.29, 1.82) is 10.7 Å². The van der Waals surface area contributed by atoms with Gasteiger partial charge in [-0.15, -0.1) is 0 Å². The van der Waals surface area contributed by atoms with E-state index in [0.29, 0.717) is 10.2 Å². The molecule has 0 aliphatic rings. The Morgan fingerprint density at radius 1 is 1.61 bits per heavy atom. The summed E-state index contributed by atoms with van der Waals surface area (Å²) in [6, 6.07) is 6.06. The molecule has 5 N–H and O–H groups in total. The molecule has 0 bridgehead atoms. The van der Waals surface area contributed by atoms with Gasteiger partial charge in [0, 0.05) is 4.47 Å². The van der Waals surface area contributed by atoms with E-state index in [-0.39, 0.29) is 11.3 Å². The number of hydrogen-bond acceptors (Lipinski definition) is 5. The first-order valence-electron chi connectivity index (χ1n) is 4.56. The molecular weight excluding hydrogens is 302 g/mol. The number of aromatic carboxylic acids is 1. The van der Waals surface area contributed by atoms with Gasteiger partial charge in [0.1, 0.15) is 6.07 Å². The highest BCUT2D eigenvalue weighted by molar-refractivity contribution is 9.10. The van der Waals surface area contributed by atoms with Crippen LogP contribution in [0.5, 0.6) is 0 Å². The van der Waals surface area contributed by atoms with Crippen molar-refractivity contribution in [2.75, 3.05) is 5.43 Å². The van der Waals surface area contributed by atoms with Gasteiger partial charge in [-0.25, -0.2) is 4.79 Å². The topological polar surface area (TPSA) is 135 Å². The van der Waals surface area contributed by atoms with E-state index in [0.717, 1.165) is 0 Å². The molecule has 0 aliphatic heterocycles. The number of carboxylic acids is 1. The molecule has 18 heavy (non-hydrogen) atoms. The molecule has 1 aromatic carbocycles. The van der Waals surface area contributed by atoms with Crippen LogP contribution in [-0.4, -0.2) is 22.6 Å². The van der Waals surface area contributed by atoms with Crippen molar-refractivity contribution in [3.8, 4) is 6.07 Å². The van der Waals surface area contributed by atoms with Crippen molar-refractivity contribution in [2.24, 2.45) is 10.8 Å². The molecule has 0 radical (unpaired) electrons. The Morgan fingerprint density at radius 3 is 2.78 bits per heavy atom. The average molecular weight is 310 g/mol. The largest absolute Gasteiger partial charge is 0.478 e. The summed E-state index contributed by atoms with van der Waals surface area (Å²) in [4.78, 5) is 10.9. The Kier molecular flexibility index (Phi) is 4.39. The van der Waals surface area contributed by atoms with Gasteiger partial charge in [0.05, 0.1) is 11.3 Å². The monoisotopic (exact) mass is 309 g/mol. The van der Waals surface area contributed by atoms with Crippen LogP contribution in [0.2, 0.25) is 0 Å². The number of nitrogens with two attached hydrogens (primary N) is 1. The SMILES string of the molecule is N#C/C(=N\Nc1ccc(Br)c(C(=O)O)c1)C(=N)N. The van der Waals surface area contributed by atoms with Crippen molar-refractivity contribution < 1.29 is 9.90 Å². The summed E-state index contributed by atoms with van der Waals surface area (Å²) >= 11 is 3.10. The molecule has 0 unspecified atom stereocenters. The molecule has 0 amide bonds. The van der Waals surface area contributed by atoms with Crippen LogP contribution >= 0.6 is 15.9 Å². The molecule has 92 valence electrons. The number of carbonyl (C=O) groups is 1. The van der Waals surface area contributed by atoms with Gasteiger partial charge in [-0.1, -0.05) is 0 Å². The Bertz CT molecular complexity index is 576. The fraction of sp³-hybridized carbons (Fsp3) is 0. The van der Waals surface area contributed by atoms with E-state index in [1.807, 2.05) is 0 Å². The molecule has 0 atom stereocenters. The van der Waals surface area contributed by atoms with E-state index in [2.05, 4.69) is 26.5 Å². The number of benzene rings is 1. The molecule has 0 saturated carbocycles. The summed E-state index contributed by atoms with van der Waals surface area (Å²) in [5.74, 6) is -1.57. The van der Waals surface area contributed by atoms with E-state index < -0.39 is 11.8 Å². The second-order valence-corrected chi connectivity index (χ2v) is 3.95. The molecule has 0 spiro atoms. The number of rotatable bonds is 4. The van der Waals surface area contributed by atoms with Gasteiger partial charge in [-0.05, 0) is 34.1 Å². The molecule has 0 aliphatic carbocycles.